The zero-order valence-corrected chi connectivity index (χ0v) is 10.1. The molecular formula is C12H14ClN3. The number of nitrogens with one attached hydrogen (secondary N) is 1. The van der Waals surface area contributed by atoms with E-state index in [1.165, 1.54) is 5.69 Å². The number of aromatic nitrogens is 2. The van der Waals surface area contributed by atoms with Gasteiger partial charge in [-0.3, -0.25) is 0 Å². The SMILES string of the molecule is Cc1cc(Cl)ncc1NCc1cccn1C. The van der Waals surface area contributed by atoms with E-state index in [1.54, 1.807) is 6.20 Å². The van der Waals surface area contributed by atoms with Crippen LogP contribution in [-0.4, -0.2) is 9.55 Å². The monoisotopic (exact) mass is 235 g/mol. The van der Waals surface area contributed by atoms with Crippen LogP contribution in [0, 0.1) is 6.92 Å². The first-order chi connectivity index (χ1) is 7.66. The molecule has 0 saturated carbocycles. The van der Waals surface area contributed by atoms with Gasteiger partial charge in [-0.1, -0.05) is 11.6 Å². The molecule has 0 saturated heterocycles. The third-order valence-electron chi connectivity index (χ3n) is 2.59. The van der Waals surface area contributed by atoms with Crippen molar-refractivity contribution in [1.82, 2.24) is 9.55 Å². The van der Waals surface area contributed by atoms with Crippen molar-refractivity contribution >= 4 is 17.3 Å². The highest BCUT2D eigenvalue weighted by Crippen LogP contribution is 2.17. The number of nitrogens with zero attached hydrogens (tertiary/aromatic N) is 2. The number of aryl methyl sites for hydroxylation is 2. The lowest BCUT2D eigenvalue weighted by Gasteiger charge is -2.09. The fourth-order valence-corrected chi connectivity index (χ4v) is 1.79. The van der Waals surface area contributed by atoms with E-state index in [0.29, 0.717) is 5.15 Å². The number of anilines is 1. The highest BCUT2D eigenvalue weighted by Gasteiger charge is 2.01. The van der Waals surface area contributed by atoms with Gasteiger partial charge in [0.2, 0.25) is 0 Å². The second-order valence-corrected chi connectivity index (χ2v) is 4.17. The molecule has 0 unspecified atom stereocenters. The lowest BCUT2D eigenvalue weighted by molar-refractivity contribution is 0.841. The molecule has 1 N–H and O–H groups in total. The van der Waals surface area contributed by atoms with Gasteiger partial charge in [0.15, 0.2) is 0 Å². The van der Waals surface area contributed by atoms with Crippen molar-refractivity contribution in [3.8, 4) is 0 Å². The van der Waals surface area contributed by atoms with Gasteiger partial charge in [-0.2, -0.15) is 0 Å². The number of pyridine rings is 1. The first-order valence-electron chi connectivity index (χ1n) is 5.13. The van der Waals surface area contributed by atoms with Crippen molar-refractivity contribution in [2.24, 2.45) is 7.05 Å². The van der Waals surface area contributed by atoms with Crippen LogP contribution in [0.3, 0.4) is 0 Å². The highest BCUT2D eigenvalue weighted by molar-refractivity contribution is 6.29. The summed E-state index contributed by atoms with van der Waals surface area (Å²) in [6, 6.07) is 5.98. The van der Waals surface area contributed by atoms with E-state index >= 15 is 0 Å². The fourth-order valence-electron chi connectivity index (χ4n) is 1.57. The van der Waals surface area contributed by atoms with Crippen LogP contribution in [0.5, 0.6) is 0 Å². The molecular weight excluding hydrogens is 222 g/mol. The van der Waals surface area contributed by atoms with Gasteiger partial charge in [0.25, 0.3) is 0 Å². The number of hydrogen-bond donors (Lipinski definition) is 1. The predicted molar refractivity (Wildman–Crippen MR) is 66.7 cm³/mol. The Morgan fingerprint density at radius 2 is 2.31 bits per heavy atom. The topological polar surface area (TPSA) is 29.9 Å². The molecule has 0 spiro atoms. The molecule has 0 bridgehead atoms. The maximum atomic E-state index is 5.80. The lowest BCUT2D eigenvalue weighted by Crippen LogP contribution is -2.05. The van der Waals surface area contributed by atoms with E-state index in [4.69, 9.17) is 11.6 Å². The molecule has 2 aromatic rings. The Kier molecular flexibility index (Phi) is 3.15. The Morgan fingerprint density at radius 1 is 1.50 bits per heavy atom. The van der Waals surface area contributed by atoms with Gasteiger partial charge in [0.1, 0.15) is 5.15 Å². The standard InChI is InChI=1S/C12H14ClN3/c1-9-6-12(13)15-8-11(9)14-7-10-4-3-5-16(10)2/h3-6,8,14H,7H2,1-2H3. The molecule has 4 heteroatoms. The molecule has 0 radical (unpaired) electrons. The van der Waals surface area contributed by atoms with Crippen LogP contribution in [-0.2, 0) is 13.6 Å². The van der Waals surface area contributed by atoms with E-state index in [2.05, 4.69) is 20.9 Å². The van der Waals surface area contributed by atoms with Gasteiger partial charge in [0, 0.05) is 18.9 Å². The molecule has 84 valence electrons. The summed E-state index contributed by atoms with van der Waals surface area (Å²) in [7, 11) is 2.03. The first-order valence-corrected chi connectivity index (χ1v) is 5.51. The number of halogens is 1. The minimum Gasteiger partial charge on any atom is -0.378 e. The number of rotatable bonds is 3. The summed E-state index contributed by atoms with van der Waals surface area (Å²) in [4.78, 5) is 4.06. The summed E-state index contributed by atoms with van der Waals surface area (Å²) in [5.41, 5.74) is 3.36. The van der Waals surface area contributed by atoms with Gasteiger partial charge in [-0.15, -0.1) is 0 Å². The molecule has 0 aromatic carbocycles. The van der Waals surface area contributed by atoms with Crippen molar-refractivity contribution < 1.29 is 0 Å². The average Bonchev–Trinajstić information content (AvgIpc) is 2.63. The second kappa shape index (κ2) is 4.58. The van der Waals surface area contributed by atoms with Crippen molar-refractivity contribution in [3.63, 3.8) is 0 Å². The van der Waals surface area contributed by atoms with Crippen LogP contribution >= 0.6 is 11.6 Å². The molecule has 0 aliphatic heterocycles. The Bertz CT molecular complexity index is 491. The van der Waals surface area contributed by atoms with Crippen molar-refractivity contribution in [3.05, 3.63) is 47.0 Å². The molecule has 2 heterocycles. The molecule has 0 amide bonds. The second-order valence-electron chi connectivity index (χ2n) is 3.79. The Balaban J connectivity index is 2.08. The maximum Gasteiger partial charge on any atom is 0.129 e. The van der Waals surface area contributed by atoms with Gasteiger partial charge in [0.05, 0.1) is 18.4 Å². The molecule has 2 aromatic heterocycles. The summed E-state index contributed by atoms with van der Waals surface area (Å²) in [5, 5.41) is 3.87. The van der Waals surface area contributed by atoms with Crippen molar-refractivity contribution in [1.29, 1.82) is 0 Å². The minimum atomic E-state index is 0.530. The molecule has 0 atom stereocenters. The third kappa shape index (κ3) is 2.36. The van der Waals surface area contributed by atoms with Crippen LogP contribution in [0.25, 0.3) is 0 Å². The van der Waals surface area contributed by atoms with Crippen LogP contribution in [0.15, 0.2) is 30.6 Å². The van der Waals surface area contributed by atoms with E-state index in [-0.39, 0.29) is 0 Å². The Labute approximate surface area is 100 Å². The molecule has 0 aliphatic rings. The lowest BCUT2D eigenvalue weighted by atomic mass is 10.2. The van der Waals surface area contributed by atoms with E-state index < -0.39 is 0 Å². The van der Waals surface area contributed by atoms with Crippen molar-refractivity contribution in [2.75, 3.05) is 5.32 Å². The Hall–Kier alpha value is -1.48. The first kappa shape index (κ1) is 11.0. The fraction of sp³-hybridized carbons (Fsp3) is 0.250. The smallest absolute Gasteiger partial charge is 0.129 e. The third-order valence-corrected chi connectivity index (χ3v) is 2.80. The molecule has 16 heavy (non-hydrogen) atoms. The van der Waals surface area contributed by atoms with Gasteiger partial charge >= 0.3 is 0 Å². The maximum absolute atomic E-state index is 5.80. The molecule has 2 rings (SSSR count). The van der Waals surface area contributed by atoms with E-state index in [9.17, 15) is 0 Å². The van der Waals surface area contributed by atoms with Gasteiger partial charge < -0.3 is 9.88 Å². The van der Waals surface area contributed by atoms with Crippen LogP contribution < -0.4 is 5.32 Å². The van der Waals surface area contributed by atoms with E-state index in [1.807, 2.05) is 32.3 Å². The molecule has 0 fully saturated rings. The molecule has 3 nitrogen and oxygen atoms in total. The zero-order chi connectivity index (χ0) is 11.5. The summed E-state index contributed by atoms with van der Waals surface area (Å²) >= 11 is 5.80. The minimum absolute atomic E-state index is 0.530. The summed E-state index contributed by atoms with van der Waals surface area (Å²) < 4.78 is 2.09. The largest absolute Gasteiger partial charge is 0.378 e. The quantitative estimate of drug-likeness (QED) is 0.829. The average molecular weight is 236 g/mol. The highest BCUT2D eigenvalue weighted by atomic mass is 35.5. The summed E-state index contributed by atoms with van der Waals surface area (Å²) in [6.45, 7) is 2.80. The van der Waals surface area contributed by atoms with Crippen molar-refractivity contribution in [2.45, 2.75) is 13.5 Å². The van der Waals surface area contributed by atoms with E-state index in [0.717, 1.165) is 17.8 Å². The molecule has 0 aliphatic carbocycles. The Morgan fingerprint density at radius 3 is 2.94 bits per heavy atom. The van der Waals surface area contributed by atoms with Gasteiger partial charge in [-0.25, -0.2) is 4.98 Å². The summed E-state index contributed by atoms with van der Waals surface area (Å²) in [6.07, 6.45) is 3.80. The van der Waals surface area contributed by atoms with Crippen LogP contribution in [0.4, 0.5) is 5.69 Å². The van der Waals surface area contributed by atoms with Crippen LogP contribution in [0.1, 0.15) is 11.3 Å². The number of hydrogen-bond acceptors (Lipinski definition) is 2. The normalized spacial score (nSPS) is 10.4. The zero-order valence-electron chi connectivity index (χ0n) is 9.37. The summed E-state index contributed by atoms with van der Waals surface area (Å²) in [5.74, 6) is 0. The van der Waals surface area contributed by atoms with Gasteiger partial charge in [-0.05, 0) is 30.7 Å². The predicted octanol–water partition coefficient (Wildman–Crippen LogP) is 2.99. The van der Waals surface area contributed by atoms with Crippen LogP contribution in [0.2, 0.25) is 5.15 Å².